The van der Waals surface area contributed by atoms with Crippen molar-refractivity contribution in [3.63, 3.8) is 0 Å². The summed E-state index contributed by atoms with van der Waals surface area (Å²) in [6.45, 7) is 4.78. The second-order valence-corrected chi connectivity index (χ2v) is 7.25. The van der Waals surface area contributed by atoms with Gasteiger partial charge < -0.3 is 4.42 Å². The molecule has 0 aliphatic heterocycles. The number of benzene rings is 2. The van der Waals surface area contributed by atoms with Crippen LogP contribution in [0.4, 0.5) is 5.88 Å². The van der Waals surface area contributed by atoms with Gasteiger partial charge in [0.15, 0.2) is 11.3 Å². The highest BCUT2D eigenvalue weighted by Crippen LogP contribution is 2.19. The van der Waals surface area contributed by atoms with Crippen molar-refractivity contribution in [3.05, 3.63) is 92.4 Å². The molecule has 0 fully saturated rings. The van der Waals surface area contributed by atoms with Gasteiger partial charge in [-0.2, -0.15) is 0 Å². The number of hydrogen-bond acceptors (Lipinski definition) is 4. The Bertz CT molecular complexity index is 1240. The van der Waals surface area contributed by atoms with Crippen molar-refractivity contribution < 1.29 is 13.9 Å². The Kier molecular flexibility index (Phi) is 4.90. The van der Waals surface area contributed by atoms with Gasteiger partial charge in [-0.05, 0) is 60.9 Å². The zero-order valence-electron chi connectivity index (χ0n) is 15.9. The second kappa shape index (κ2) is 7.52. The smallest absolute Gasteiger partial charge is 0.400 e. The number of nitrogens with zero attached hydrogens (tertiary/aromatic N) is 4. The van der Waals surface area contributed by atoms with E-state index in [0.29, 0.717) is 17.3 Å². The lowest BCUT2D eigenvalue weighted by atomic mass is 10.1. The first-order chi connectivity index (χ1) is 13.9. The second-order valence-electron chi connectivity index (χ2n) is 6.82. The number of imidazole rings is 1. The van der Waals surface area contributed by atoms with E-state index in [0.717, 1.165) is 22.2 Å². The Hall–Kier alpha value is -3.45. The first kappa shape index (κ1) is 18.9. The van der Waals surface area contributed by atoms with Crippen LogP contribution in [-0.2, 0) is 6.54 Å². The molecule has 0 spiro atoms. The quantitative estimate of drug-likeness (QED) is 0.208. The van der Waals surface area contributed by atoms with Crippen LogP contribution in [0.2, 0.25) is 5.02 Å². The van der Waals surface area contributed by atoms with Crippen molar-refractivity contribution in [1.82, 2.24) is 4.68 Å². The van der Waals surface area contributed by atoms with Gasteiger partial charge in [0.1, 0.15) is 17.7 Å². The van der Waals surface area contributed by atoms with Crippen LogP contribution in [0.25, 0.3) is 11.0 Å². The molecule has 8 heteroatoms. The Morgan fingerprint density at radius 3 is 2.59 bits per heavy atom. The van der Waals surface area contributed by atoms with Crippen LogP contribution in [0.1, 0.15) is 22.5 Å². The summed E-state index contributed by atoms with van der Waals surface area (Å²) in [4.78, 5) is 10.2. The number of halogens is 1. The third-order valence-corrected chi connectivity index (χ3v) is 5.02. The maximum atomic E-state index is 10.8. The van der Waals surface area contributed by atoms with Gasteiger partial charge in [-0.25, -0.2) is 4.57 Å². The van der Waals surface area contributed by atoms with E-state index in [1.165, 1.54) is 23.9 Å². The number of hydrogen-bond donors (Lipinski definition) is 0. The Balaban J connectivity index is 1.74. The Morgan fingerprint density at radius 2 is 1.90 bits per heavy atom. The van der Waals surface area contributed by atoms with Gasteiger partial charge in [0.25, 0.3) is 6.33 Å². The number of aromatic nitrogens is 2. The summed E-state index contributed by atoms with van der Waals surface area (Å²) >= 11 is 5.99. The predicted molar refractivity (Wildman–Crippen MR) is 111 cm³/mol. The average Bonchev–Trinajstić information content (AvgIpc) is 3.28. The normalized spacial score (nSPS) is 11.6. The van der Waals surface area contributed by atoms with E-state index in [-0.39, 0.29) is 5.88 Å². The van der Waals surface area contributed by atoms with Crippen LogP contribution in [0.3, 0.4) is 0 Å². The van der Waals surface area contributed by atoms with Gasteiger partial charge in [0.2, 0.25) is 5.52 Å². The lowest BCUT2D eigenvalue weighted by Gasteiger charge is -2.01. The maximum absolute atomic E-state index is 10.8. The van der Waals surface area contributed by atoms with Crippen LogP contribution in [0.5, 0.6) is 0 Å². The summed E-state index contributed by atoms with van der Waals surface area (Å²) in [6, 6.07) is 14.8. The molecular formula is C21H18ClN4O3+. The van der Waals surface area contributed by atoms with Crippen molar-refractivity contribution >= 4 is 34.7 Å². The van der Waals surface area contributed by atoms with Crippen molar-refractivity contribution in [2.24, 2.45) is 5.10 Å². The van der Waals surface area contributed by atoms with Gasteiger partial charge in [-0.3, -0.25) is 10.1 Å². The Morgan fingerprint density at radius 1 is 1.17 bits per heavy atom. The van der Waals surface area contributed by atoms with Crippen molar-refractivity contribution in [2.45, 2.75) is 20.4 Å². The lowest BCUT2D eigenvalue weighted by molar-refractivity contribution is -0.663. The van der Waals surface area contributed by atoms with Gasteiger partial charge >= 0.3 is 5.88 Å². The zero-order valence-corrected chi connectivity index (χ0v) is 16.6. The van der Waals surface area contributed by atoms with Gasteiger partial charge in [-0.15, -0.1) is 0 Å². The fourth-order valence-corrected chi connectivity index (χ4v) is 3.22. The van der Waals surface area contributed by atoms with Crippen molar-refractivity contribution in [2.75, 3.05) is 0 Å². The molecule has 0 aliphatic rings. The van der Waals surface area contributed by atoms with E-state index in [1.807, 2.05) is 30.6 Å². The molecule has 2 aromatic heterocycles. The van der Waals surface area contributed by atoms with Gasteiger partial charge in [0.05, 0.1) is 6.07 Å². The van der Waals surface area contributed by atoms with Crippen LogP contribution >= 0.6 is 11.6 Å². The highest BCUT2D eigenvalue weighted by Gasteiger charge is 2.18. The first-order valence-corrected chi connectivity index (χ1v) is 9.33. The molecule has 7 nitrogen and oxygen atoms in total. The summed E-state index contributed by atoms with van der Waals surface area (Å²) in [7, 11) is 0. The third-order valence-electron chi connectivity index (χ3n) is 4.76. The number of nitro groups is 1. The number of aryl methyl sites for hydroxylation is 2. The minimum atomic E-state index is -0.575. The summed E-state index contributed by atoms with van der Waals surface area (Å²) in [5, 5.41) is 15.9. The monoisotopic (exact) mass is 409 g/mol. The van der Waals surface area contributed by atoms with E-state index < -0.39 is 4.92 Å². The molecule has 4 aromatic rings. The molecule has 0 radical (unpaired) electrons. The Labute approximate surface area is 171 Å². The molecule has 0 N–H and O–H groups in total. The van der Waals surface area contributed by atoms with Crippen molar-refractivity contribution in [3.8, 4) is 0 Å². The molecule has 4 rings (SSSR count). The molecule has 0 aliphatic carbocycles. The van der Waals surface area contributed by atoms with Crippen LogP contribution < -0.4 is 4.57 Å². The molecule has 0 saturated heterocycles. The summed E-state index contributed by atoms with van der Waals surface area (Å²) < 4.78 is 9.00. The zero-order chi connectivity index (χ0) is 20.5. The van der Waals surface area contributed by atoms with E-state index in [1.54, 1.807) is 4.68 Å². The molecule has 0 unspecified atom stereocenters. The molecule has 2 heterocycles. The molecular weight excluding hydrogens is 392 g/mol. The van der Waals surface area contributed by atoms with E-state index in [4.69, 9.17) is 16.0 Å². The lowest BCUT2D eigenvalue weighted by Crippen LogP contribution is -2.32. The topological polar surface area (TPSA) is 77.5 Å². The number of rotatable bonds is 5. The SMILES string of the molecule is Cc1cc2c(cc1C)[n+](Cc1ccc(Cl)cc1)cn2/N=C/c1ccc([N+](=O)[O-])o1. The van der Waals surface area contributed by atoms with Crippen molar-refractivity contribution in [1.29, 1.82) is 0 Å². The van der Waals surface area contributed by atoms with Crippen LogP contribution in [-0.4, -0.2) is 15.8 Å². The fourth-order valence-electron chi connectivity index (χ4n) is 3.09. The standard InChI is InChI=1S/C21H18ClN4O3/c1-14-9-19-20(10-15(14)2)25(23-11-18-7-8-21(29-18)26(27)28)13-24(19)12-16-3-5-17(22)6-4-16/h3-11,13H,12H2,1-2H3/q+1/b23-11+. The molecule has 2 aromatic carbocycles. The molecule has 29 heavy (non-hydrogen) atoms. The fraction of sp³-hybridized carbons (Fsp3) is 0.143. The largest absolute Gasteiger partial charge is 0.433 e. The molecule has 0 bridgehead atoms. The van der Waals surface area contributed by atoms with E-state index >= 15 is 0 Å². The molecule has 146 valence electrons. The minimum absolute atomic E-state index is 0.312. The minimum Gasteiger partial charge on any atom is -0.400 e. The third kappa shape index (κ3) is 3.90. The maximum Gasteiger partial charge on any atom is 0.433 e. The first-order valence-electron chi connectivity index (χ1n) is 8.95. The highest BCUT2D eigenvalue weighted by atomic mass is 35.5. The summed E-state index contributed by atoms with van der Waals surface area (Å²) in [5.41, 5.74) is 5.41. The number of fused-ring (bicyclic) bond motifs is 1. The molecule has 0 saturated carbocycles. The molecule has 0 amide bonds. The van der Waals surface area contributed by atoms with E-state index in [2.05, 4.69) is 35.6 Å². The summed E-state index contributed by atoms with van der Waals surface area (Å²) in [5.74, 6) is -0.000259. The van der Waals surface area contributed by atoms with E-state index in [9.17, 15) is 10.1 Å². The number of furan rings is 1. The molecule has 0 atom stereocenters. The van der Waals surface area contributed by atoms with Crippen LogP contribution in [0.15, 0.2) is 64.4 Å². The van der Waals surface area contributed by atoms with Gasteiger partial charge in [-0.1, -0.05) is 33.5 Å². The highest BCUT2D eigenvalue weighted by molar-refractivity contribution is 6.30. The average molecular weight is 410 g/mol. The van der Waals surface area contributed by atoms with Crippen LogP contribution in [0, 0.1) is 24.0 Å². The summed E-state index contributed by atoms with van der Waals surface area (Å²) in [6.07, 6.45) is 3.36. The van der Waals surface area contributed by atoms with Gasteiger partial charge in [0, 0.05) is 5.02 Å². The predicted octanol–water partition coefficient (Wildman–Crippen LogP) is 4.63.